The molecule has 0 bridgehead atoms. The fourth-order valence-electron chi connectivity index (χ4n) is 1.13. The summed E-state index contributed by atoms with van der Waals surface area (Å²) in [5, 5.41) is 18.4. The first kappa shape index (κ1) is 10.5. The molecule has 14 heavy (non-hydrogen) atoms. The van der Waals surface area contributed by atoms with Crippen LogP contribution in [0.25, 0.3) is 0 Å². The first-order valence-electron chi connectivity index (χ1n) is 4.17. The van der Waals surface area contributed by atoms with E-state index in [0.717, 1.165) is 0 Å². The Labute approximate surface area is 81.8 Å². The standard InChI is InChI=1S/C10H12O4/c1-14-10(13)9(12)6-7-3-2-4-8(11)5-7/h2-5,9,11-12H,6H2,1H3/t9-/m1/s1. The van der Waals surface area contributed by atoms with Crippen LogP contribution in [-0.4, -0.2) is 29.4 Å². The molecule has 0 saturated heterocycles. The zero-order chi connectivity index (χ0) is 10.6. The molecule has 1 aromatic carbocycles. The van der Waals surface area contributed by atoms with E-state index in [0.29, 0.717) is 5.56 Å². The van der Waals surface area contributed by atoms with Crippen molar-refractivity contribution >= 4 is 5.97 Å². The molecule has 4 heteroatoms. The quantitative estimate of drug-likeness (QED) is 0.689. The van der Waals surface area contributed by atoms with Gasteiger partial charge in [-0.15, -0.1) is 0 Å². The molecule has 0 saturated carbocycles. The number of aliphatic hydroxyl groups is 1. The highest BCUT2D eigenvalue weighted by molar-refractivity contribution is 5.74. The lowest BCUT2D eigenvalue weighted by molar-refractivity contribution is -0.150. The maximum absolute atomic E-state index is 10.9. The second kappa shape index (κ2) is 4.62. The fraction of sp³-hybridized carbons (Fsp3) is 0.300. The van der Waals surface area contributed by atoms with Crippen LogP contribution in [0.3, 0.4) is 0 Å². The molecule has 0 fully saturated rings. The maximum Gasteiger partial charge on any atom is 0.335 e. The van der Waals surface area contributed by atoms with Gasteiger partial charge in [-0.3, -0.25) is 0 Å². The predicted octanol–water partition coefficient (Wildman–Crippen LogP) is 0.469. The average Bonchev–Trinajstić information content (AvgIpc) is 2.16. The molecule has 0 aliphatic rings. The van der Waals surface area contributed by atoms with E-state index in [2.05, 4.69) is 4.74 Å². The summed E-state index contributed by atoms with van der Waals surface area (Å²) in [6.45, 7) is 0. The Morgan fingerprint density at radius 1 is 1.57 bits per heavy atom. The second-order valence-electron chi connectivity index (χ2n) is 2.91. The van der Waals surface area contributed by atoms with Gasteiger partial charge in [0.05, 0.1) is 7.11 Å². The molecule has 2 N–H and O–H groups in total. The summed E-state index contributed by atoms with van der Waals surface area (Å²) in [4.78, 5) is 10.9. The van der Waals surface area contributed by atoms with E-state index in [1.807, 2.05) is 0 Å². The summed E-state index contributed by atoms with van der Waals surface area (Å²) in [6, 6.07) is 6.38. The van der Waals surface area contributed by atoms with Gasteiger partial charge in [0.2, 0.25) is 0 Å². The van der Waals surface area contributed by atoms with Crippen LogP contribution in [0.15, 0.2) is 24.3 Å². The van der Waals surface area contributed by atoms with Crippen molar-refractivity contribution < 1.29 is 19.7 Å². The molecule has 0 spiro atoms. The van der Waals surface area contributed by atoms with Crippen LogP contribution in [0.5, 0.6) is 5.75 Å². The van der Waals surface area contributed by atoms with Gasteiger partial charge in [-0.2, -0.15) is 0 Å². The lowest BCUT2D eigenvalue weighted by Gasteiger charge is -2.07. The highest BCUT2D eigenvalue weighted by atomic mass is 16.5. The first-order chi connectivity index (χ1) is 6.63. The number of phenols is 1. The zero-order valence-corrected chi connectivity index (χ0v) is 7.80. The highest BCUT2D eigenvalue weighted by Crippen LogP contribution is 2.12. The third kappa shape index (κ3) is 2.74. The van der Waals surface area contributed by atoms with Crippen molar-refractivity contribution in [2.75, 3.05) is 7.11 Å². The van der Waals surface area contributed by atoms with Crippen molar-refractivity contribution in [2.24, 2.45) is 0 Å². The van der Waals surface area contributed by atoms with Crippen LogP contribution in [0.4, 0.5) is 0 Å². The van der Waals surface area contributed by atoms with Crippen molar-refractivity contribution in [3.8, 4) is 5.75 Å². The molecule has 1 aromatic rings. The van der Waals surface area contributed by atoms with E-state index in [1.54, 1.807) is 12.1 Å². The molecule has 0 amide bonds. The van der Waals surface area contributed by atoms with Crippen LogP contribution < -0.4 is 0 Å². The number of ether oxygens (including phenoxy) is 1. The van der Waals surface area contributed by atoms with Gasteiger partial charge in [-0.05, 0) is 17.7 Å². The minimum atomic E-state index is -1.18. The Bertz CT molecular complexity index is 322. The molecule has 0 aromatic heterocycles. The van der Waals surface area contributed by atoms with Crippen molar-refractivity contribution in [3.05, 3.63) is 29.8 Å². The average molecular weight is 196 g/mol. The van der Waals surface area contributed by atoms with Crippen molar-refractivity contribution in [2.45, 2.75) is 12.5 Å². The third-order valence-corrected chi connectivity index (χ3v) is 1.81. The van der Waals surface area contributed by atoms with E-state index in [1.165, 1.54) is 19.2 Å². The number of aromatic hydroxyl groups is 1. The molecular weight excluding hydrogens is 184 g/mol. The Morgan fingerprint density at radius 2 is 2.29 bits per heavy atom. The molecule has 0 heterocycles. The molecule has 1 rings (SSSR count). The number of phenolic OH excluding ortho intramolecular Hbond substituents is 1. The van der Waals surface area contributed by atoms with E-state index in [-0.39, 0.29) is 12.2 Å². The summed E-state index contributed by atoms with van der Waals surface area (Å²) >= 11 is 0. The van der Waals surface area contributed by atoms with Gasteiger partial charge < -0.3 is 14.9 Å². The molecule has 0 aliphatic carbocycles. The van der Waals surface area contributed by atoms with E-state index < -0.39 is 12.1 Å². The Morgan fingerprint density at radius 3 is 2.86 bits per heavy atom. The van der Waals surface area contributed by atoms with E-state index >= 15 is 0 Å². The van der Waals surface area contributed by atoms with Crippen molar-refractivity contribution in [1.29, 1.82) is 0 Å². The molecule has 0 unspecified atom stereocenters. The first-order valence-corrected chi connectivity index (χ1v) is 4.17. The SMILES string of the molecule is COC(=O)[C@H](O)Cc1cccc(O)c1. The summed E-state index contributed by atoms with van der Waals surface area (Å²) in [6.07, 6.45) is -1.04. The van der Waals surface area contributed by atoms with Crippen LogP contribution in [-0.2, 0) is 16.0 Å². The Kier molecular flexibility index (Phi) is 3.48. The Balaban J connectivity index is 2.64. The van der Waals surface area contributed by atoms with Gasteiger partial charge in [-0.25, -0.2) is 4.79 Å². The lowest BCUT2D eigenvalue weighted by Crippen LogP contribution is -2.23. The number of benzene rings is 1. The fourth-order valence-corrected chi connectivity index (χ4v) is 1.13. The minimum Gasteiger partial charge on any atom is -0.508 e. The Hall–Kier alpha value is -1.55. The van der Waals surface area contributed by atoms with Gasteiger partial charge in [0.1, 0.15) is 5.75 Å². The zero-order valence-electron chi connectivity index (χ0n) is 7.80. The van der Waals surface area contributed by atoms with Gasteiger partial charge in [-0.1, -0.05) is 12.1 Å². The minimum absolute atomic E-state index is 0.111. The summed E-state index contributed by atoms with van der Waals surface area (Å²) < 4.78 is 4.36. The van der Waals surface area contributed by atoms with Crippen molar-refractivity contribution in [1.82, 2.24) is 0 Å². The molecule has 76 valence electrons. The summed E-state index contributed by atoms with van der Waals surface area (Å²) in [5.41, 5.74) is 0.683. The largest absolute Gasteiger partial charge is 0.508 e. The molecular formula is C10H12O4. The van der Waals surface area contributed by atoms with E-state index in [4.69, 9.17) is 5.11 Å². The smallest absolute Gasteiger partial charge is 0.335 e. The number of carbonyl (C=O) groups excluding carboxylic acids is 1. The number of hydrogen-bond donors (Lipinski definition) is 2. The van der Waals surface area contributed by atoms with Gasteiger partial charge >= 0.3 is 5.97 Å². The van der Waals surface area contributed by atoms with Gasteiger partial charge in [0, 0.05) is 6.42 Å². The monoisotopic (exact) mass is 196 g/mol. The third-order valence-electron chi connectivity index (χ3n) is 1.81. The maximum atomic E-state index is 10.9. The number of hydrogen-bond acceptors (Lipinski definition) is 4. The number of aliphatic hydroxyl groups excluding tert-OH is 1. The molecule has 1 atom stereocenters. The lowest BCUT2D eigenvalue weighted by atomic mass is 10.1. The number of methoxy groups -OCH3 is 1. The van der Waals surface area contributed by atoms with E-state index in [9.17, 15) is 9.90 Å². The van der Waals surface area contributed by atoms with Crippen LogP contribution in [0.2, 0.25) is 0 Å². The van der Waals surface area contributed by atoms with Gasteiger partial charge in [0.15, 0.2) is 6.10 Å². The number of carbonyl (C=O) groups is 1. The highest BCUT2D eigenvalue weighted by Gasteiger charge is 2.15. The topological polar surface area (TPSA) is 66.8 Å². The number of esters is 1. The number of rotatable bonds is 3. The predicted molar refractivity (Wildman–Crippen MR) is 49.8 cm³/mol. The molecule has 4 nitrogen and oxygen atoms in total. The van der Waals surface area contributed by atoms with Crippen LogP contribution >= 0.6 is 0 Å². The molecule has 0 aliphatic heterocycles. The van der Waals surface area contributed by atoms with Crippen LogP contribution in [0.1, 0.15) is 5.56 Å². The summed E-state index contributed by atoms with van der Waals surface area (Å²) in [5.74, 6) is -0.562. The summed E-state index contributed by atoms with van der Waals surface area (Å²) in [7, 11) is 1.22. The molecule has 0 radical (unpaired) electrons. The normalized spacial score (nSPS) is 12.1. The van der Waals surface area contributed by atoms with Crippen molar-refractivity contribution in [3.63, 3.8) is 0 Å². The van der Waals surface area contributed by atoms with Gasteiger partial charge in [0.25, 0.3) is 0 Å². The second-order valence-corrected chi connectivity index (χ2v) is 2.91. The van der Waals surface area contributed by atoms with Crippen LogP contribution in [0, 0.1) is 0 Å².